The van der Waals surface area contributed by atoms with Crippen LogP contribution in [0.4, 0.5) is 13.2 Å². The highest BCUT2D eigenvalue weighted by molar-refractivity contribution is 7.99. The van der Waals surface area contributed by atoms with Gasteiger partial charge in [-0.15, -0.1) is 0 Å². The highest BCUT2D eigenvalue weighted by Crippen LogP contribution is 2.28. The lowest BCUT2D eigenvalue weighted by Crippen LogP contribution is -2.07. The van der Waals surface area contributed by atoms with Gasteiger partial charge in [-0.05, 0) is 18.7 Å². The maximum absolute atomic E-state index is 11.8. The number of rotatable bonds is 5. The summed E-state index contributed by atoms with van der Waals surface area (Å²) in [4.78, 5) is 0. The fourth-order valence-corrected chi connectivity index (χ4v) is 1.51. The van der Waals surface area contributed by atoms with E-state index in [-0.39, 0.29) is 5.75 Å². The van der Waals surface area contributed by atoms with Crippen LogP contribution in [0.15, 0.2) is 11.1 Å². The summed E-state index contributed by atoms with van der Waals surface area (Å²) < 4.78 is 35.4. The minimum absolute atomic E-state index is 0.276. The van der Waals surface area contributed by atoms with Crippen molar-refractivity contribution in [2.45, 2.75) is 12.6 Å². The molecule has 0 aliphatic rings. The van der Waals surface area contributed by atoms with E-state index < -0.39 is 11.2 Å². The first-order valence-electron chi connectivity index (χ1n) is 3.69. The van der Waals surface area contributed by atoms with Gasteiger partial charge in [0, 0.05) is 5.75 Å². The van der Waals surface area contributed by atoms with Gasteiger partial charge in [-0.1, -0.05) is 17.7 Å². The Labute approximate surface area is 84.5 Å². The molecule has 0 heterocycles. The Bertz CT molecular complexity index is 170. The van der Waals surface area contributed by atoms with Crippen molar-refractivity contribution in [1.82, 2.24) is 0 Å². The normalized spacial score (nSPS) is 13.5. The van der Waals surface area contributed by atoms with Crippen molar-refractivity contribution >= 4 is 23.4 Å². The van der Waals surface area contributed by atoms with Crippen molar-refractivity contribution in [3.05, 3.63) is 11.1 Å². The third kappa shape index (κ3) is 7.22. The zero-order chi connectivity index (χ0) is 10.3. The van der Waals surface area contributed by atoms with Crippen molar-refractivity contribution in [2.75, 3.05) is 18.1 Å². The van der Waals surface area contributed by atoms with Gasteiger partial charge in [-0.3, -0.25) is 0 Å². The first kappa shape index (κ1) is 13.1. The van der Waals surface area contributed by atoms with E-state index in [1.807, 2.05) is 0 Å². The molecule has 6 heteroatoms. The first-order valence-corrected chi connectivity index (χ1v) is 5.22. The predicted octanol–water partition coefficient (Wildman–Crippen LogP) is 2.75. The Morgan fingerprint density at radius 3 is 2.54 bits per heavy atom. The van der Waals surface area contributed by atoms with Crippen LogP contribution in [-0.2, 0) is 0 Å². The van der Waals surface area contributed by atoms with Crippen molar-refractivity contribution in [3.8, 4) is 0 Å². The highest BCUT2D eigenvalue weighted by Gasteiger charge is 2.31. The summed E-state index contributed by atoms with van der Waals surface area (Å²) in [5, 5.41) is -1.05. The Kier molecular flexibility index (Phi) is 6.63. The summed E-state index contributed by atoms with van der Waals surface area (Å²) in [7, 11) is 0. The number of halogens is 4. The van der Waals surface area contributed by atoms with Crippen LogP contribution in [0.2, 0.25) is 0 Å². The van der Waals surface area contributed by atoms with Gasteiger partial charge < -0.3 is 5.73 Å². The SMILES string of the molecule is NCCCSC/C=C(\Cl)C(F)(F)F. The lowest BCUT2D eigenvalue weighted by atomic mass is 10.5. The van der Waals surface area contributed by atoms with Gasteiger partial charge in [0.1, 0.15) is 5.03 Å². The van der Waals surface area contributed by atoms with Gasteiger partial charge in [0.2, 0.25) is 0 Å². The van der Waals surface area contributed by atoms with Gasteiger partial charge in [0.15, 0.2) is 0 Å². The fourth-order valence-electron chi connectivity index (χ4n) is 0.517. The summed E-state index contributed by atoms with van der Waals surface area (Å²) in [6.45, 7) is 0.559. The van der Waals surface area contributed by atoms with Crippen LogP contribution in [0, 0.1) is 0 Å². The van der Waals surface area contributed by atoms with Crippen molar-refractivity contribution in [3.63, 3.8) is 0 Å². The Morgan fingerprint density at radius 2 is 2.08 bits per heavy atom. The number of nitrogens with two attached hydrogens (primary N) is 1. The second-order valence-corrected chi connectivity index (χ2v) is 3.82. The molecule has 2 N–H and O–H groups in total. The van der Waals surface area contributed by atoms with E-state index in [0.29, 0.717) is 6.54 Å². The average molecular weight is 234 g/mol. The molecule has 0 unspecified atom stereocenters. The smallest absolute Gasteiger partial charge is 0.330 e. The molecular weight excluding hydrogens is 223 g/mol. The molecule has 0 atom stereocenters. The molecule has 13 heavy (non-hydrogen) atoms. The summed E-state index contributed by atoms with van der Waals surface area (Å²) in [6.07, 6.45) is -2.62. The minimum atomic E-state index is -4.41. The van der Waals surface area contributed by atoms with E-state index in [0.717, 1.165) is 18.2 Å². The molecule has 0 saturated carbocycles. The van der Waals surface area contributed by atoms with Gasteiger partial charge >= 0.3 is 6.18 Å². The van der Waals surface area contributed by atoms with Crippen LogP contribution in [0.25, 0.3) is 0 Å². The van der Waals surface area contributed by atoms with Gasteiger partial charge in [0.05, 0.1) is 0 Å². The number of allylic oxidation sites excluding steroid dienone is 1. The summed E-state index contributed by atoms with van der Waals surface area (Å²) in [5.41, 5.74) is 5.20. The molecule has 1 nitrogen and oxygen atoms in total. The highest BCUT2D eigenvalue weighted by atomic mass is 35.5. The average Bonchev–Trinajstić information content (AvgIpc) is 2.02. The molecule has 0 aliphatic carbocycles. The van der Waals surface area contributed by atoms with Crippen LogP contribution < -0.4 is 5.73 Å². The standard InChI is InChI=1S/C7H11ClF3NS/c8-6(7(9,10)11)2-5-13-4-1-3-12/h2H,1,3-5,12H2/b6-2-. The van der Waals surface area contributed by atoms with Crippen molar-refractivity contribution in [1.29, 1.82) is 0 Å². The van der Waals surface area contributed by atoms with Crippen molar-refractivity contribution in [2.24, 2.45) is 5.73 Å². The molecule has 0 fully saturated rings. The molecule has 0 aromatic heterocycles. The summed E-state index contributed by atoms with van der Waals surface area (Å²) >= 11 is 6.35. The lowest BCUT2D eigenvalue weighted by molar-refractivity contribution is -0.0846. The predicted molar refractivity (Wildman–Crippen MR) is 51.0 cm³/mol. The van der Waals surface area contributed by atoms with E-state index in [9.17, 15) is 13.2 Å². The zero-order valence-electron chi connectivity index (χ0n) is 6.90. The molecule has 0 amide bonds. The maximum atomic E-state index is 11.8. The fraction of sp³-hybridized carbons (Fsp3) is 0.714. The molecule has 0 aromatic rings. The Hall–Kier alpha value is 0.130. The van der Waals surface area contributed by atoms with Crippen molar-refractivity contribution < 1.29 is 13.2 Å². The topological polar surface area (TPSA) is 26.0 Å². The molecule has 78 valence electrons. The second kappa shape index (κ2) is 6.56. The summed E-state index contributed by atoms with van der Waals surface area (Å²) in [5.74, 6) is 1.04. The van der Waals surface area contributed by atoms with Gasteiger partial charge in [-0.25, -0.2) is 0 Å². The third-order valence-corrected chi connectivity index (χ3v) is 2.49. The third-order valence-electron chi connectivity index (χ3n) is 1.14. The van der Waals surface area contributed by atoms with E-state index in [1.54, 1.807) is 0 Å². The van der Waals surface area contributed by atoms with Crippen LogP contribution in [0.1, 0.15) is 6.42 Å². The number of hydrogen-bond donors (Lipinski definition) is 1. The quantitative estimate of drug-likeness (QED) is 0.739. The number of thioether (sulfide) groups is 1. The molecule has 0 saturated heterocycles. The molecule has 0 aliphatic heterocycles. The molecular formula is C7H11ClF3NS. The van der Waals surface area contributed by atoms with E-state index in [1.165, 1.54) is 11.8 Å². The second-order valence-electron chi connectivity index (χ2n) is 2.27. The van der Waals surface area contributed by atoms with Crippen LogP contribution in [0.5, 0.6) is 0 Å². The van der Waals surface area contributed by atoms with Gasteiger partial charge in [0.25, 0.3) is 0 Å². The largest absolute Gasteiger partial charge is 0.426 e. The van der Waals surface area contributed by atoms with E-state index >= 15 is 0 Å². The van der Waals surface area contributed by atoms with Crippen LogP contribution in [-0.4, -0.2) is 24.2 Å². The molecule has 0 bridgehead atoms. The van der Waals surface area contributed by atoms with Gasteiger partial charge in [-0.2, -0.15) is 24.9 Å². The van der Waals surface area contributed by atoms with E-state index in [2.05, 4.69) is 0 Å². The number of hydrogen-bond acceptors (Lipinski definition) is 2. The molecule has 0 rings (SSSR count). The maximum Gasteiger partial charge on any atom is 0.426 e. The van der Waals surface area contributed by atoms with E-state index in [4.69, 9.17) is 17.3 Å². The van der Waals surface area contributed by atoms with Crippen LogP contribution in [0.3, 0.4) is 0 Å². The minimum Gasteiger partial charge on any atom is -0.330 e. The number of alkyl halides is 3. The first-order chi connectivity index (χ1) is 5.98. The monoisotopic (exact) mass is 233 g/mol. The summed E-state index contributed by atoms with van der Waals surface area (Å²) in [6, 6.07) is 0. The van der Waals surface area contributed by atoms with Crippen LogP contribution >= 0.6 is 23.4 Å². The Morgan fingerprint density at radius 1 is 1.46 bits per heavy atom. The Balaban J connectivity index is 3.60. The molecule has 0 aromatic carbocycles. The molecule has 0 radical (unpaired) electrons. The molecule has 0 spiro atoms. The lowest BCUT2D eigenvalue weighted by Gasteiger charge is -2.03. The zero-order valence-corrected chi connectivity index (χ0v) is 8.48.